The van der Waals surface area contributed by atoms with Gasteiger partial charge in [-0.15, -0.1) is 24.0 Å². The molecule has 1 aromatic rings. The Bertz CT molecular complexity index is 559. The number of rotatable bonds is 8. The van der Waals surface area contributed by atoms with Gasteiger partial charge < -0.3 is 20.3 Å². The molecule has 2 rings (SSSR count). The van der Waals surface area contributed by atoms with Gasteiger partial charge in [0, 0.05) is 26.2 Å². The number of aryl methyl sites for hydroxylation is 1. The summed E-state index contributed by atoms with van der Waals surface area (Å²) in [5.74, 6) is 1.79. The van der Waals surface area contributed by atoms with Gasteiger partial charge in [-0.25, -0.2) is 0 Å². The lowest BCUT2D eigenvalue weighted by molar-refractivity contribution is 0.202. The number of halogens is 1. The fourth-order valence-electron chi connectivity index (χ4n) is 3.27. The molecular formula is C21H37IN4O. The van der Waals surface area contributed by atoms with Crippen LogP contribution in [0.5, 0.6) is 5.75 Å². The van der Waals surface area contributed by atoms with Crippen LogP contribution in [0.4, 0.5) is 0 Å². The summed E-state index contributed by atoms with van der Waals surface area (Å²) in [6.07, 6.45) is 5.02. The van der Waals surface area contributed by atoms with Crippen LogP contribution in [0, 0.1) is 6.92 Å². The lowest BCUT2D eigenvalue weighted by Gasteiger charge is -2.33. The fraction of sp³-hybridized carbons (Fsp3) is 0.667. The maximum Gasteiger partial charge on any atom is 0.191 e. The van der Waals surface area contributed by atoms with Crippen molar-refractivity contribution in [2.24, 2.45) is 4.99 Å². The molecule has 1 aromatic carbocycles. The highest BCUT2D eigenvalue weighted by Gasteiger charge is 2.19. The summed E-state index contributed by atoms with van der Waals surface area (Å²) in [6, 6.07) is 8.68. The molecule has 0 bridgehead atoms. The topological polar surface area (TPSA) is 48.9 Å². The zero-order chi connectivity index (χ0) is 18.8. The molecule has 1 aliphatic rings. The van der Waals surface area contributed by atoms with Crippen molar-refractivity contribution in [3.05, 3.63) is 29.8 Å². The number of hydrogen-bond acceptors (Lipinski definition) is 3. The maximum absolute atomic E-state index is 5.98. The Labute approximate surface area is 182 Å². The molecule has 0 saturated carbocycles. The second-order valence-electron chi connectivity index (χ2n) is 7.31. The lowest BCUT2D eigenvalue weighted by Crippen LogP contribution is -2.50. The van der Waals surface area contributed by atoms with Crippen LogP contribution >= 0.6 is 24.0 Å². The van der Waals surface area contributed by atoms with Crippen LogP contribution in [0.15, 0.2) is 29.3 Å². The maximum atomic E-state index is 5.98. The summed E-state index contributed by atoms with van der Waals surface area (Å²) in [4.78, 5) is 6.95. The van der Waals surface area contributed by atoms with Crippen LogP contribution in [-0.4, -0.2) is 56.2 Å². The molecular weight excluding hydrogens is 451 g/mol. The number of hydrogen-bond donors (Lipinski definition) is 2. The van der Waals surface area contributed by atoms with Gasteiger partial charge in [0.05, 0.1) is 6.54 Å². The van der Waals surface area contributed by atoms with Crippen molar-refractivity contribution in [1.82, 2.24) is 15.5 Å². The van der Waals surface area contributed by atoms with Gasteiger partial charge in [0.15, 0.2) is 5.96 Å². The molecule has 0 spiro atoms. The number of piperidine rings is 1. The van der Waals surface area contributed by atoms with Gasteiger partial charge >= 0.3 is 0 Å². The molecule has 1 heterocycles. The zero-order valence-electron chi connectivity index (χ0n) is 17.3. The Morgan fingerprint density at radius 2 is 2.07 bits per heavy atom. The van der Waals surface area contributed by atoms with E-state index in [0.29, 0.717) is 6.04 Å². The molecule has 1 unspecified atom stereocenters. The predicted octanol–water partition coefficient (Wildman–Crippen LogP) is 3.81. The van der Waals surface area contributed by atoms with E-state index >= 15 is 0 Å². The van der Waals surface area contributed by atoms with E-state index in [9.17, 15) is 0 Å². The Morgan fingerprint density at radius 3 is 2.70 bits per heavy atom. The van der Waals surface area contributed by atoms with Gasteiger partial charge in [0.1, 0.15) is 11.9 Å². The van der Waals surface area contributed by atoms with Crippen molar-refractivity contribution < 1.29 is 4.74 Å². The van der Waals surface area contributed by atoms with E-state index in [1.807, 2.05) is 19.2 Å². The van der Waals surface area contributed by atoms with E-state index in [1.165, 1.54) is 50.9 Å². The third kappa shape index (κ3) is 9.14. The van der Waals surface area contributed by atoms with E-state index in [-0.39, 0.29) is 30.1 Å². The fourth-order valence-corrected chi connectivity index (χ4v) is 3.27. The summed E-state index contributed by atoms with van der Waals surface area (Å²) in [6.45, 7) is 10.7. The molecule has 0 amide bonds. The quantitative estimate of drug-likeness (QED) is 0.332. The number of benzene rings is 1. The van der Waals surface area contributed by atoms with Crippen molar-refractivity contribution in [1.29, 1.82) is 0 Å². The minimum atomic E-state index is 0. The van der Waals surface area contributed by atoms with Crippen molar-refractivity contribution in [2.75, 3.05) is 33.2 Å². The predicted molar refractivity (Wildman–Crippen MR) is 126 cm³/mol. The van der Waals surface area contributed by atoms with Gasteiger partial charge in [-0.3, -0.25) is 4.99 Å². The second-order valence-corrected chi connectivity index (χ2v) is 7.31. The minimum Gasteiger partial charge on any atom is -0.489 e. The number of aliphatic imine (C=N–C) groups is 1. The zero-order valence-corrected chi connectivity index (χ0v) is 19.7. The Kier molecular flexibility index (Phi) is 11.7. The van der Waals surface area contributed by atoms with Gasteiger partial charge in [-0.1, -0.05) is 25.5 Å². The highest BCUT2D eigenvalue weighted by atomic mass is 127. The van der Waals surface area contributed by atoms with Crippen LogP contribution in [0.2, 0.25) is 0 Å². The van der Waals surface area contributed by atoms with Crippen LogP contribution in [0.3, 0.4) is 0 Å². The first-order chi connectivity index (χ1) is 12.6. The summed E-state index contributed by atoms with van der Waals surface area (Å²) in [5, 5.41) is 6.96. The molecule has 1 fully saturated rings. The molecule has 1 atom stereocenters. The Balaban J connectivity index is 0.00000364. The lowest BCUT2D eigenvalue weighted by atomic mass is 10.0. The third-order valence-corrected chi connectivity index (χ3v) is 4.86. The van der Waals surface area contributed by atoms with Gasteiger partial charge in [0.25, 0.3) is 0 Å². The van der Waals surface area contributed by atoms with Crippen molar-refractivity contribution in [3.8, 4) is 5.75 Å². The summed E-state index contributed by atoms with van der Waals surface area (Å²) in [7, 11) is 1.83. The molecule has 5 nitrogen and oxygen atoms in total. The molecule has 1 saturated heterocycles. The molecule has 0 aromatic heterocycles. The standard InChI is InChI=1S/C21H36N4O.HI/c1-5-6-12-25-13-10-19(11-14-25)24-21(22-4)23-16-18(3)26-20-9-7-8-17(2)15-20;/h7-9,15,18-19H,5-6,10-14,16H2,1-4H3,(H2,22,23,24);1H. The minimum absolute atomic E-state index is 0. The highest BCUT2D eigenvalue weighted by molar-refractivity contribution is 14.0. The number of ether oxygens (including phenoxy) is 1. The first-order valence-electron chi connectivity index (χ1n) is 10.0. The monoisotopic (exact) mass is 488 g/mol. The number of nitrogens with one attached hydrogen (secondary N) is 2. The first-order valence-corrected chi connectivity index (χ1v) is 10.0. The van der Waals surface area contributed by atoms with E-state index in [2.05, 4.69) is 53.4 Å². The first kappa shape index (κ1) is 24.0. The normalized spacial score (nSPS) is 17.1. The van der Waals surface area contributed by atoms with Crippen molar-refractivity contribution >= 4 is 29.9 Å². The number of guanidine groups is 1. The number of unbranched alkanes of at least 4 members (excludes halogenated alkanes) is 1. The Hall–Kier alpha value is -1.02. The van der Waals surface area contributed by atoms with E-state index in [0.717, 1.165) is 18.3 Å². The largest absolute Gasteiger partial charge is 0.489 e. The van der Waals surface area contributed by atoms with Crippen LogP contribution in [-0.2, 0) is 0 Å². The van der Waals surface area contributed by atoms with Crippen LogP contribution in [0.25, 0.3) is 0 Å². The van der Waals surface area contributed by atoms with Crippen molar-refractivity contribution in [3.63, 3.8) is 0 Å². The SMILES string of the molecule is CCCCN1CCC(NC(=NC)NCC(C)Oc2cccc(C)c2)CC1.I. The summed E-state index contributed by atoms with van der Waals surface area (Å²) >= 11 is 0. The van der Waals surface area contributed by atoms with Crippen molar-refractivity contribution in [2.45, 2.75) is 58.6 Å². The number of nitrogens with zero attached hydrogens (tertiary/aromatic N) is 2. The molecule has 27 heavy (non-hydrogen) atoms. The van der Waals surface area contributed by atoms with Gasteiger partial charge in [-0.05, 0) is 57.4 Å². The van der Waals surface area contributed by atoms with E-state index in [4.69, 9.17) is 4.74 Å². The molecule has 0 radical (unpaired) electrons. The molecule has 0 aliphatic carbocycles. The Morgan fingerprint density at radius 1 is 1.33 bits per heavy atom. The van der Waals surface area contributed by atoms with Crippen LogP contribution < -0.4 is 15.4 Å². The molecule has 6 heteroatoms. The molecule has 2 N–H and O–H groups in total. The number of likely N-dealkylation sites (tertiary alicyclic amines) is 1. The average Bonchev–Trinajstić information content (AvgIpc) is 2.64. The molecule has 154 valence electrons. The third-order valence-electron chi connectivity index (χ3n) is 4.86. The highest BCUT2D eigenvalue weighted by Crippen LogP contribution is 2.14. The van der Waals surface area contributed by atoms with E-state index in [1.54, 1.807) is 0 Å². The summed E-state index contributed by atoms with van der Waals surface area (Å²) < 4.78 is 5.98. The van der Waals surface area contributed by atoms with Gasteiger partial charge in [-0.2, -0.15) is 0 Å². The van der Waals surface area contributed by atoms with Gasteiger partial charge in [0.2, 0.25) is 0 Å². The summed E-state index contributed by atoms with van der Waals surface area (Å²) in [5.41, 5.74) is 1.21. The van der Waals surface area contributed by atoms with E-state index < -0.39 is 0 Å². The second kappa shape index (κ2) is 13.2. The average molecular weight is 488 g/mol. The molecule has 1 aliphatic heterocycles. The smallest absolute Gasteiger partial charge is 0.191 e. The van der Waals surface area contributed by atoms with Crippen LogP contribution in [0.1, 0.15) is 45.1 Å².